The minimum atomic E-state index is -0.756. The third kappa shape index (κ3) is 3.97. The third-order valence-corrected chi connectivity index (χ3v) is 3.80. The third-order valence-electron chi connectivity index (χ3n) is 3.80. The number of carbonyl (C=O) groups is 1. The van der Waals surface area contributed by atoms with Crippen LogP contribution in [0.3, 0.4) is 0 Å². The van der Waals surface area contributed by atoms with E-state index in [0.29, 0.717) is 17.7 Å². The standard InChI is InChI=1S/C19H20N2O2/c1-3-21(13-18(22)15-10-8-14(2)9-11-15)19(23)17-7-5-4-6-16(17)12-20/h4-11,18,22H,3,13H2,1-2H3. The number of hydrogen-bond acceptors (Lipinski definition) is 3. The summed E-state index contributed by atoms with van der Waals surface area (Å²) in [6, 6.07) is 16.4. The maximum Gasteiger partial charge on any atom is 0.255 e. The Labute approximate surface area is 136 Å². The first kappa shape index (κ1) is 16.7. The maximum atomic E-state index is 12.6. The topological polar surface area (TPSA) is 64.3 Å². The molecule has 0 aromatic heterocycles. The first-order valence-corrected chi connectivity index (χ1v) is 7.59. The number of benzene rings is 2. The number of hydrogen-bond donors (Lipinski definition) is 1. The molecule has 0 saturated heterocycles. The Hall–Kier alpha value is -2.64. The van der Waals surface area contributed by atoms with Gasteiger partial charge in [-0.1, -0.05) is 42.0 Å². The molecule has 0 saturated carbocycles. The van der Waals surface area contributed by atoms with E-state index in [0.717, 1.165) is 11.1 Å². The average molecular weight is 308 g/mol. The monoisotopic (exact) mass is 308 g/mol. The Morgan fingerprint density at radius 3 is 2.48 bits per heavy atom. The van der Waals surface area contributed by atoms with Gasteiger partial charge in [-0.05, 0) is 31.5 Å². The van der Waals surface area contributed by atoms with Gasteiger partial charge in [0.2, 0.25) is 0 Å². The lowest BCUT2D eigenvalue weighted by molar-refractivity contribution is 0.0634. The minimum absolute atomic E-state index is 0.193. The summed E-state index contributed by atoms with van der Waals surface area (Å²) in [6.45, 7) is 4.49. The Morgan fingerprint density at radius 1 is 1.22 bits per heavy atom. The SMILES string of the molecule is CCN(CC(O)c1ccc(C)cc1)C(=O)c1ccccc1C#N. The number of aliphatic hydroxyl groups excluding tert-OH is 1. The molecule has 0 aliphatic heterocycles. The van der Waals surface area contributed by atoms with Crippen molar-refractivity contribution >= 4 is 5.91 Å². The van der Waals surface area contributed by atoms with Crippen LogP contribution in [0.4, 0.5) is 0 Å². The van der Waals surface area contributed by atoms with Crippen LogP contribution in [-0.4, -0.2) is 29.0 Å². The van der Waals surface area contributed by atoms with E-state index in [2.05, 4.69) is 0 Å². The van der Waals surface area contributed by atoms with E-state index < -0.39 is 6.10 Å². The lowest BCUT2D eigenvalue weighted by Crippen LogP contribution is -2.35. The summed E-state index contributed by atoms with van der Waals surface area (Å²) in [5, 5.41) is 19.5. The first-order chi connectivity index (χ1) is 11.1. The normalized spacial score (nSPS) is 11.6. The lowest BCUT2D eigenvalue weighted by Gasteiger charge is -2.24. The van der Waals surface area contributed by atoms with E-state index in [9.17, 15) is 9.90 Å². The second-order valence-corrected chi connectivity index (χ2v) is 5.43. The summed E-state index contributed by atoms with van der Waals surface area (Å²) in [5.41, 5.74) is 2.61. The Balaban J connectivity index is 2.17. The van der Waals surface area contributed by atoms with E-state index in [-0.39, 0.29) is 12.5 Å². The molecule has 0 spiro atoms. The van der Waals surface area contributed by atoms with Crippen molar-refractivity contribution in [3.05, 3.63) is 70.8 Å². The zero-order valence-corrected chi connectivity index (χ0v) is 13.4. The molecule has 1 N–H and O–H groups in total. The Bertz CT molecular complexity index is 717. The Kier molecular flexibility index (Phi) is 5.51. The molecule has 1 amide bonds. The molecule has 0 aliphatic carbocycles. The van der Waals surface area contributed by atoms with Crippen LogP contribution in [0.5, 0.6) is 0 Å². The Morgan fingerprint density at radius 2 is 1.87 bits per heavy atom. The van der Waals surface area contributed by atoms with E-state index in [1.807, 2.05) is 44.2 Å². The second-order valence-electron chi connectivity index (χ2n) is 5.43. The van der Waals surface area contributed by atoms with Gasteiger partial charge in [0.1, 0.15) is 0 Å². The van der Waals surface area contributed by atoms with E-state index in [4.69, 9.17) is 5.26 Å². The largest absolute Gasteiger partial charge is 0.387 e. The van der Waals surface area contributed by atoms with Crippen molar-refractivity contribution in [3.8, 4) is 6.07 Å². The molecule has 1 atom stereocenters. The molecule has 0 heterocycles. The molecular formula is C19H20N2O2. The number of nitrogens with zero attached hydrogens (tertiary/aromatic N) is 2. The summed E-state index contributed by atoms with van der Waals surface area (Å²) in [6.07, 6.45) is -0.756. The highest BCUT2D eigenvalue weighted by molar-refractivity contribution is 5.96. The average Bonchev–Trinajstić information content (AvgIpc) is 2.59. The summed E-state index contributed by atoms with van der Waals surface area (Å²) in [5.74, 6) is -0.240. The van der Waals surface area contributed by atoms with Gasteiger partial charge in [-0.25, -0.2) is 0 Å². The van der Waals surface area contributed by atoms with Gasteiger partial charge in [0, 0.05) is 6.54 Å². The molecule has 23 heavy (non-hydrogen) atoms. The molecular weight excluding hydrogens is 288 g/mol. The highest BCUT2D eigenvalue weighted by Crippen LogP contribution is 2.17. The van der Waals surface area contributed by atoms with Crippen LogP contribution in [0.1, 0.15) is 40.1 Å². The van der Waals surface area contributed by atoms with Crippen LogP contribution in [-0.2, 0) is 0 Å². The summed E-state index contributed by atoms with van der Waals surface area (Å²) < 4.78 is 0. The fourth-order valence-electron chi connectivity index (χ4n) is 2.40. The van der Waals surface area contributed by atoms with Gasteiger partial charge in [-0.15, -0.1) is 0 Å². The fraction of sp³-hybridized carbons (Fsp3) is 0.263. The number of carbonyl (C=O) groups excluding carboxylic acids is 1. The number of aliphatic hydroxyl groups is 1. The number of rotatable bonds is 5. The number of amides is 1. The molecule has 0 aliphatic rings. The molecule has 1 unspecified atom stereocenters. The summed E-state index contributed by atoms with van der Waals surface area (Å²) >= 11 is 0. The maximum absolute atomic E-state index is 12.6. The smallest absolute Gasteiger partial charge is 0.255 e. The van der Waals surface area contributed by atoms with Crippen LogP contribution in [0.15, 0.2) is 48.5 Å². The summed E-state index contributed by atoms with van der Waals surface area (Å²) in [7, 11) is 0. The van der Waals surface area contributed by atoms with Crippen molar-refractivity contribution in [2.45, 2.75) is 20.0 Å². The second kappa shape index (κ2) is 7.57. The molecule has 0 radical (unpaired) electrons. The van der Waals surface area contributed by atoms with Crippen LogP contribution in [0.2, 0.25) is 0 Å². The highest BCUT2D eigenvalue weighted by atomic mass is 16.3. The number of nitriles is 1. The molecule has 2 rings (SSSR count). The molecule has 118 valence electrons. The van der Waals surface area contributed by atoms with Gasteiger partial charge >= 0.3 is 0 Å². The lowest BCUT2D eigenvalue weighted by atomic mass is 10.0. The quantitative estimate of drug-likeness (QED) is 0.923. The minimum Gasteiger partial charge on any atom is -0.387 e. The van der Waals surface area contributed by atoms with E-state index in [1.165, 1.54) is 0 Å². The molecule has 4 heteroatoms. The van der Waals surface area contributed by atoms with Crippen molar-refractivity contribution in [2.75, 3.05) is 13.1 Å². The zero-order valence-electron chi connectivity index (χ0n) is 13.4. The van der Waals surface area contributed by atoms with Crippen molar-refractivity contribution < 1.29 is 9.90 Å². The van der Waals surface area contributed by atoms with Crippen LogP contribution in [0.25, 0.3) is 0 Å². The van der Waals surface area contributed by atoms with E-state index in [1.54, 1.807) is 29.2 Å². The van der Waals surface area contributed by atoms with Crippen LogP contribution >= 0.6 is 0 Å². The van der Waals surface area contributed by atoms with Gasteiger partial charge in [0.05, 0.1) is 29.8 Å². The van der Waals surface area contributed by atoms with Crippen LogP contribution < -0.4 is 0 Å². The first-order valence-electron chi connectivity index (χ1n) is 7.59. The molecule has 0 bridgehead atoms. The number of likely N-dealkylation sites (N-methyl/N-ethyl adjacent to an activating group) is 1. The van der Waals surface area contributed by atoms with Crippen molar-refractivity contribution in [1.82, 2.24) is 4.90 Å². The fourth-order valence-corrected chi connectivity index (χ4v) is 2.40. The van der Waals surface area contributed by atoms with Crippen LogP contribution in [0, 0.1) is 18.3 Å². The van der Waals surface area contributed by atoms with Crippen molar-refractivity contribution in [1.29, 1.82) is 5.26 Å². The molecule has 0 fully saturated rings. The highest BCUT2D eigenvalue weighted by Gasteiger charge is 2.20. The summed E-state index contributed by atoms with van der Waals surface area (Å²) in [4.78, 5) is 14.2. The predicted octanol–water partition coefficient (Wildman–Crippen LogP) is 3.06. The number of aryl methyl sites for hydroxylation is 1. The van der Waals surface area contributed by atoms with Gasteiger partial charge in [-0.3, -0.25) is 4.79 Å². The van der Waals surface area contributed by atoms with Gasteiger partial charge in [0.15, 0.2) is 0 Å². The van der Waals surface area contributed by atoms with Crippen molar-refractivity contribution in [3.63, 3.8) is 0 Å². The molecule has 4 nitrogen and oxygen atoms in total. The van der Waals surface area contributed by atoms with Crippen molar-refractivity contribution in [2.24, 2.45) is 0 Å². The van der Waals surface area contributed by atoms with Gasteiger partial charge in [-0.2, -0.15) is 5.26 Å². The zero-order chi connectivity index (χ0) is 16.8. The van der Waals surface area contributed by atoms with Gasteiger partial charge < -0.3 is 10.0 Å². The molecule has 2 aromatic carbocycles. The van der Waals surface area contributed by atoms with Gasteiger partial charge in [0.25, 0.3) is 5.91 Å². The van der Waals surface area contributed by atoms with E-state index >= 15 is 0 Å². The molecule has 2 aromatic rings. The predicted molar refractivity (Wildman–Crippen MR) is 88.9 cm³/mol.